The molecular formula is C10H12BrN3O3S. The van der Waals surface area contributed by atoms with Gasteiger partial charge in [0.2, 0.25) is 0 Å². The Balaban J connectivity index is 3.49. The molecular weight excluding hydrogens is 322 g/mol. The maximum absolute atomic E-state index is 11.7. The molecule has 0 aliphatic heterocycles. The molecule has 0 spiro atoms. The number of hydrogen-bond donors (Lipinski definition) is 2. The molecule has 18 heavy (non-hydrogen) atoms. The Morgan fingerprint density at radius 3 is 2.33 bits per heavy atom. The number of amides is 1. The zero-order valence-electron chi connectivity index (χ0n) is 9.77. The van der Waals surface area contributed by atoms with Crippen LogP contribution in [0.3, 0.4) is 0 Å². The van der Waals surface area contributed by atoms with E-state index in [2.05, 4.69) is 20.9 Å². The Hall–Kier alpha value is -1.41. The molecule has 8 heteroatoms. The lowest BCUT2D eigenvalue weighted by Gasteiger charge is -2.07. The second kappa shape index (κ2) is 5.07. The summed E-state index contributed by atoms with van der Waals surface area (Å²) < 4.78 is 23.5. The summed E-state index contributed by atoms with van der Waals surface area (Å²) in [4.78, 5) is 15.1. The minimum atomic E-state index is -3.44. The summed E-state index contributed by atoms with van der Waals surface area (Å²) in [5, 5.41) is 0. The highest BCUT2D eigenvalue weighted by atomic mass is 79.9. The third-order valence-corrected chi connectivity index (χ3v) is 4.19. The predicted molar refractivity (Wildman–Crippen MR) is 72.1 cm³/mol. The molecule has 1 aromatic carbocycles. The van der Waals surface area contributed by atoms with Crippen LogP contribution < -0.4 is 11.5 Å². The van der Waals surface area contributed by atoms with E-state index in [9.17, 15) is 13.2 Å². The van der Waals surface area contributed by atoms with Crippen molar-refractivity contribution in [1.29, 1.82) is 0 Å². The Bertz CT molecular complexity index is 634. The largest absolute Gasteiger partial charge is 0.370 e. The van der Waals surface area contributed by atoms with Gasteiger partial charge in [-0.15, -0.1) is 0 Å². The van der Waals surface area contributed by atoms with Crippen LogP contribution in [0, 0.1) is 6.92 Å². The first kappa shape index (κ1) is 14.7. The summed E-state index contributed by atoms with van der Waals surface area (Å²) in [6.07, 6.45) is 1.05. The lowest BCUT2D eigenvalue weighted by molar-refractivity contribution is 0.100. The summed E-state index contributed by atoms with van der Waals surface area (Å²) in [5.41, 5.74) is 10.9. The Kier molecular flexibility index (Phi) is 4.12. The zero-order chi connectivity index (χ0) is 14.1. The van der Waals surface area contributed by atoms with Gasteiger partial charge in [-0.1, -0.05) is 0 Å². The molecule has 1 amide bonds. The molecule has 0 heterocycles. The standard InChI is InChI=1S/C10H12BrN3O3S/c1-5-3-7(11)8(18(2,16)17)4-6(5)9(15)14-10(12)13/h3-4H,1-2H3,(H4,12,13,14,15). The van der Waals surface area contributed by atoms with Crippen molar-refractivity contribution in [2.24, 2.45) is 16.5 Å². The fourth-order valence-corrected chi connectivity index (χ4v) is 3.43. The average Bonchev–Trinajstić information content (AvgIpc) is 2.13. The molecule has 98 valence electrons. The number of nitrogens with two attached hydrogens (primary N) is 2. The number of aryl methyl sites for hydroxylation is 1. The smallest absolute Gasteiger partial charge is 0.280 e. The molecule has 4 N–H and O–H groups in total. The van der Waals surface area contributed by atoms with Crippen molar-refractivity contribution in [1.82, 2.24) is 0 Å². The third kappa shape index (κ3) is 3.30. The van der Waals surface area contributed by atoms with Crippen molar-refractivity contribution in [2.45, 2.75) is 11.8 Å². The maximum Gasteiger partial charge on any atom is 0.280 e. The number of carbonyl (C=O) groups excluding carboxylic acids is 1. The van der Waals surface area contributed by atoms with Crippen LogP contribution >= 0.6 is 15.9 Å². The van der Waals surface area contributed by atoms with E-state index in [4.69, 9.17) is 11.5 Å². The van der Waals surface area contributed by atoms with Gasteiger partial charge in [-0.2, -0.15) is 4.99 Å². The summed E-state index contributed by atoms with van der Waals surface area (Å²) >= 11 is 3.14. The SMILES string of the molecule is Cc1cc(Br)c(S(C)(=O)=O)cc1C(=O)N=C(N)N. The molecule has 0 saturated carbocycles. The van der Waals surface area contributed by atoms with Crippen molar-refractivity contribution in [3.63, 3.8) is 0 Å². The maximum atomic E-state index is 11.7. The van der Waals surface area contributed by atoms with Gasteiger partial charge in [-0.3, -0.25) is 4.79 Å². The number of halogens is 1. The van der Waals surface area contributed by atoms with E-state index in [1.165, 1.54) is 12.1 Å². The van der Waals surface area contributed by atoms with Crippen molar-refractivity contribution in [3.05, 3.63) is 27.7 Å². The van der Waals surface area contributed by atoms with Crippen LogP contribution in [0.5, 0.6) is 0 Å². The number of carbonyl (C=O) groups is 1. The Morgan fingerprint density at radius 1 is 1.33 bits per heavy atom. The van der Waals surface area contributed by atoms with Crippen molar-refractivity contribution < 1.29 is 13.2 Å². The van der Waals surface area contributed by atoms with Crippen LogP contribution in [0.1, 0.15) is 15.9 Å². The van der Waals surface area contributed by atoms with E-state index in [1.54, 1.807) is 6.92 Å². The summed E-state index contributed by atoms with van der Waals surface area (Å²) in [5.74, 6) is -1.05. The molecule has 0 bridgehead atoms. The van der Waals surface area contributed by atoms with Gasteiger partial charge < -0.3 is 11.5 Å². The van der Waals surface area contributed by atoms with Gasteiger partial charge in [0, 0.05) is 16.3 Å². The van der Waals surface area contributed by atoms with Gasteiger partial charge in [0.25, 0.3) is 5.91 Å². The van der Waals surface area contributed by atoms with Crippen LogP contribution in [0.25, 0.3) is 0 Å². The Morgan fingerprint density at radius 2 is 1.89 bits per heavy atom. The topological polar surface area (TPSA) is 116 Å². The number of benzene rings is 1. The molecule has 0 aliphatic rings. The van der Waals surface area contributed by atoms with Gasteiger partial charge in [-0.05, 0) is 40.5 Å². The molecule has 0 unspecified atom stereocenters. The second-order valence-electron chi connectivity index (χ2n) is 3.71. The van der Waals surface area contributed by atoms with Gasteiger partial charge in [0.15, 0.2) is 15.8 Å². The van der Waals surface area contributed by atoms with Gasteiger partial charge >= 0.3 is 0 Å². The van der Waals surface area contributed by atoms with E-state index >= 15 is 0 Å². The van der Waals surface area contributed by atoms with Crippen molar-refractivity contribution in [2.75, 3.05) is 6.26 Å². The number of rotatable bonds is 2. The lowest BCUT2D eigenvalue weighted by atomic mass is 10.1. The number of nitrogens with zero attached hydrogens (tertiary/aromatic N) is 1. The Labute approximate surface area is 113 Å². The predicted octanol–water partition coefficient (Wildman–Crippen LogP) is 0.575. The first-order valence-electron chi connectivity index (χ1n) is 4.77. The van der Waals surface area contributed by atoms with E-state index in [0.717, 1.165) is 6.26 Å². The average molecular weight is 334 g/mol. The van der Waals surface area contributed by atoms with Crippen LogP contribution in [-0.4, -0.2) is 26.5 Å². The van der Waals surface area contributed by atoms with E-state index in [-0.39, 0.29) is 16.4 Å². The quantitative estimate of drug-likeness (QED) is 0.606. The zero-order valence-corrected chi connectivity index (χ0v) is 12.2. The van der Waals surface area contributed by atoms with Crippen LogP contribution in [0.2, 0.25) is 0 Å². The molecule has 1 aromatic rings. The molecule has 1 rings (SSSR count). The number of guanidine groups is 1. The van der Waals surface area contributed by atoms with Crippen molar-refractivity contribution >= 4 is 37.6 Å². The molecule has 0 aromatic heterocycles. The first-order chi connectivity index (χ1) is 8.12. The molecule has 0 atom stereocenters. The van der Waals surface area contributed by atoms with Gasteiger partial charge in [-0.25, -0.2) is 8.42 Å². The summed E-state index contributed by atoms with van der Waals surface area (Å²) in [6, 6.07) is 2.79. The lowest BCUT2D eigenvalue weighted by Crippen LogP contribution is -2.24. The highest BCUT2D eigenvalue weighted by Crippen LogP contribution is 2.26. The van der Waals surface area contributed by atoms with E-state index in [0.29, 0.717) is 10.0 Å². The fraction of sp³-hybridized carbons (Fsp3) is 0.200. The van der Waals surface area contributed by atoms with Gasteiger partial charge in [0.05, 0.1) is 4.90 Å². The third-order valence-electron chi connectivity index (χ3n) is 2.14. The second-order valence-corrected chi connectivity index (χ2v) is 6.55. The highest BCUT2D eigenvalue weighted by molar-refractivity contribution is 9.10. The first-order valence-corrected chi connectivity index (χ1v) is 7.45. The normalized spacial score (nSPS) is 11.1. The minimum Gasteiger partial charge on any atom is -0.370 e. The van der Waals surface area contributed by atoms with Crippen LogP contribution in [-0.2, 0) is 9.84 Å². The number of sulfone groups is 1. The van der Waals surface area contributed by atoms with Crippen molar-refractivity contribution in [3.8, 4) is 0 Å². The monoisotopic (exact) mass is 333 g/mol. The number of hydrogen-bond acceptors (Lipinski definition) is 3. The summed E-state index contributed by atoms with van der Waals surface area (Å²) in [7, 11) is -3.44. The molecule has 0 fully saturated rings. The molecule has 0 saturated heterocycles. The highest BCUT2D eigenvalue weighted by Gasteiger charge is 2.17. The van der Waals surface area contributed by atoms with E-state index in [1.807, 2.05) is 0 Å². The molecule has 6 nitrogen and oxygen atoms in total. The van der Waals surface area contributed by atoms with Crippen LogP contribution in [0.4, 0.5) is 0 Å². The van der Waals surface area contributed by atoms with Crippen LogP contribution in [0.15, 0.2) is 26.5 Å². The molecule has 0 aliphatic carbocycles. The minimum absolute atomic E-state index is 0.0160. The summed E-state index contributed by atoms with van der Waals surface area (Å²) in [6.45, 7) is 1.66. The number of aliphatic imine (C=N–C) groups is 1. The fourth-order valence-electron chi connectivity index (χ4n) is 1.34. The van der Waals surface area contributed by atoms with E-state index < -0.39 is 15.7 Å². The van der Waals surface area contributed by atoms with Gasteiger partial charge in [0.1, 0.15) is 0 Å². The molecule has 0 radical (unpaired) electrons.